The van der Waals surface area contributed by atoms with Gasteiger partial charge in [0.1, 0.15) is 30.1 Å². The number of amides is 1. The van der Waals surface area contributed by atoms with Crippen molar-refractivity contribution in [3.63, 3.8) is 0 Å². The lowest BCUT2D eigenvalue weighted by Gasteiger charge is -2.40. The highest BCUT2D eigenvalue weighted by molar-refractivity contribution is 6.30. The van der Waals surface area contributed by atoms with Gasteiger partial charge in [0.2, 0.25) is 5.91 Å². The van der Waals surface area contributed by atoms with E-state index in [0.29, 0.717) is 38.5 Å². The molecule has 7 N–H and O–H groups in total. The van der Waals surface area contributed by atoms with Crippen molar-refractivity contribution in [2.75, 3.05) is 13.7 Å². The van der Waals surface area contributed by atoms with E-state index in [1.807, 2.05) is 0 Å². The van der Waals surface area contributed by atoms with Gasteiger partial charge in [-0.05, 0) is 55.0 Å². The van der Waals surface area contributed by atoms with Gasteiger partial charge in [-0.3, -0.25) is 14.2 Å². The van der Waals surface area contributed by atoms with E-state index in [0.717, 1.165) is 0 Å². The molecule has 12 heteroatoms. The second-order valence-corrected chi connectivity index (χ2v) is 9.03. The molecule has 5 unspecified atom stereocenters. The van der Waals surface area contributed by atoms with E-state index in [-0.39, 0.29) is 17.8 Å². The van der Waals surface area contributed by atoms with Crippen LogP contribution in [0.4, 0.5) is 0 Å². The number of aliphatic hydroxyl groups is 4. The number of ether oxygens (including phenoxy) is 2. The predicted octanol–water partition coefficient (Wildman–Crippen LogP) is -0.0659. The number of benzene rings is 2. The summed E-state index contributed by atoms with van der Waals surface area (Å²) in [4.78, 5) is 26.4. The van der Waals surface area contributed by atoms with Crippen LogP contribution >= 0.6 is 11.6 Å². The van der Waals surface area contributed by atoms with Crippen LogP contribution < -0.4 is 10.1 Å². The lowest BCUT2D eigenvalue weighted by molar-refractivity contribution is -0.253. The standard InChI is InChI=1S/C25H27ClN2O8.H2O/c1-12-16(10-20(30)27-21-23(32)22(31)19(11-29)36-25(21)34)17-9-15(35-2)7-8-18(17)28(12)24(33)13-3-5-14(26)6-4-13;/h3-9,19,21-23,25,29,31-32,34H,10-11H2,1-2H3,(H,27,30);1H2. The van der Waals surface area contributed by atoms with Gasteiger partial charge in [0.05, 0.1) is 25.7 Å². The van der Waals surface area contributed by atoms with Gasteiger partial charge in [-0.15, -0.1) is 0 Å². The Kier molecular flexibility index (Phi) is 8.92. The van der Waals surface area contributed by atoms with Crippen molar-refractivity contribution < 1.29 is 45.0 Å². The summed E-state index contributed by atoms with van der Waals surface area (Å²) >= 11 is 5.96. The minimum atomic E-state index is -1.64. The summed E-state index contributed by atoms with van der Waals surface area (Å²) in [5, 5.41) is 43.5. The fourth-order valence-electron chi connectivity index (χ4n) is 4.45. The third kappa shape index (κ3) is 5.48. The highest BCUT2D eigenvalue weighted by atomic mass is 35.5. The second kappa shape index (κ2) is 11.6. The molecule has 2 heterocycles. The first-order valence-electron chi connectivity index (χ1n) is 11.2. The molecule has 4 rings (SSSR count). The molecule has 0 radical (unpaired) electrons. The van der Waals surface area contributed by atoms with Crippen molar-refractivity contribution in [3.05, 3.63) is 64.3 Å². The molecule has 11 nitrogen and oxygen atoms in total. The van der Waals surface area contributed by atoms with Gasteiger partial charge >= 0.3 is 0 Å². The molecule has 200 valence electrons. The summed E-state index contributed by atoms with van der Waals surface area (Å²) in [6.07, 6.45) is -6.10. The number of hydrogen-bond donors (Lipinski definition) is 5. The van der Waals surface area contributed by atoms with Crippen molar-refractivity contribution >= 4 is 34.3 Å². The molecule has 5 atom stereocenters. The maximum absolute atomic E-state index is 13.4. The molecule has 1 saturated heterocycles. The fraction of sp³-hybridized carbons (Fsp3) is 0.360. The average Bonchev–Trinajstić information content (AvgIpc) is 3.14. The minimum absolute atomic E-state index is 0. The van der Waals surface area contributed by atoms with E-state index in [1.165, 1.54) is 11.7 Å². The van der Waals surface area contributed by atoms with E-state index in [9.17, 15) is 30.0 Å². The van der Waals surface area contributed by atoms with E-state index in [1.54, 1.807) is 49.4 Å². The van der Waals surface area contributed by atoms with Gasteiger partial charge < -0.3 is 40.7 Å². The molecule has 3 aromatic rings. The van der Waals surface area contributed by atoms with Crippen LogP contribution in [0.2, 0.25) is 5.02 Å². The first-order chi connectivity index (χ1) is 17.2. The zero-order chi connectivity index (χ0) is 26.1. The number of halogens is 1. The Labute approximate surface area is 217 Å². The zero-order valence-electron chi connectivity index (χ0n) is 20.1. The third-order valence-electron chi connectivity index (χ3n) is 6.40. The van der Waals surface area contributed by atoms with Gasteiger partial charge in [-0.2, -0.15) is 0 Å². The first-order valence-corrected chi connectivity index (χ1v) is 11.6. The molecule has 0 aliphatic carbocycles. The normalized spacial score (nSPS) is 23.4. The van der Waals surface area contributed by atoms with Gasteiger partial charge in [-0.25, -0.2) is 0 Å². The number of hydrogen-bond acceptors (Lipinski definition) is 8. The van der Waals surface area contributed by atoms with Crippen LogP contribution in [0.5, 0.6) is 5.75 Å². The molecular formula is C25H29ClN2O9. The SMILES string of the molecule is COc1ccc2c(c1)c(CC(=O)NC1C(O)OC(CO)C(O)C1O)c(C)n2C(=O)c1ccc(Cl)cc1.O. The van der Waals surface area contributed by atoms with E-state index in [2.05, 4.69) is 5.32 Å². The Balaban J connectivity index is 0.00000380. The number of aliphatic hydroxyl groups excluding tert-OH is 4. The summed E-state index contributed by atoms with van der Waals surface area (Å²) in [5.41, 5.74) is 2.04. The predicted molar refractivity (Wildman–Crippen MR) is 134 cm³/mol. The quantitative estimate of drug-likeness (QED) is 0.290. The summed E-state index contributed by atoms with van der Waals surface area (Å²) < 4.78 is 11.9. The molecule has 1 aliphatic heterocycles. The van der Waals surface area contributed by atoms with Crippen molar-refractivity contribution in [1.82, 2.24) is 9.88 Å². The van der Waals surface area contributed by atoms with E-state index < -0.39 is 43.2 Å². The topological polar surface area (TPSA) is 182 Å². The van der Waals surface area contributed by atoms with Crippen molar-refractivity contribution in [3.8, 4) is 5.75 Å². The van der Waals surface area contributed by atoms with Gasteiger partial charge in [-0.1, -0.05) is 11.6 Å². The van der Waals surface area contributed by atoms with Crippen molar-refractivity contribution in [2.45, 2.75) is 44.0 Å². The fourth-order valence-corrected chi connectivity index (χ4v) is 4.57. The molecule has 1 fully saturated rings. The van der Waals surface area contributed by atoms with Gasteiger partial charge in [0.25, 0.3) is 5.91 Å². The lowest BCUT2D eigenvalue weighted by atomic mass is 9.96. The second-order valence-electron chi connectivity index (χ2n) is 8.59. The molecule has 2 aromatic carbocycles. The largest absolute Gasteiger partial charge is 0.497 e. The number of carbonyl (C=O) groups is 2. The Morgan fingerprint density at radius 1 is 1.11 bits per heavy atom. The lowest BCUT2D eigenvalue weighted by Crippen LogP contribution is -2.64. The highest BCUT2D eigenvalue weighted by Crippen LogP contribution is 2.31. The number of aromatic nitrogens is 1. The monoisotopic (exact) mass is 536 g/mol. The number of fused-ring (bicyclic) bond motifs is 1. The van der Waals surface area contributed by atoms with Gasteiger partial charge in [0.15, 0.2) is 6.29 Å². The molecule has 0 saturated carbocycles. The van der Waals surface area contributed by atoms with Crippen molar-refractivity contribution in [2.24, 2.45) is 0 Å². The van der Waals surface area contributed by atoms with Crippen LogP contribution in [-0.2, 0) is 16.0 Å². The number of rotatable bonds is 6. The van der Waals surface area contributed by atoms with Crippen molar-refractivity contribution in [1.29, 1.82) is 0 Å². The Morgan fingerprint density at radius 2 is 1.78 bits per heavy atom. The number of methoxy groups -OCH3 is 1. The van der Waals surface area contributed by atoms with Crippen LogP contribution in [0, 0.1) is 6.92 Å². The highest BCUT2D eigenvalue weighted by Gasteiger charge is 2.44. The molecule has 1 amide bonds. The Bertz CT molecular complexity index is 1280. The average molecular weight is 537 g/mol. The molecule has 1 aromatic heterocycles. The summed E-state index contributed by atoms with van der Waals surface area (Å²) in [7, 11) is 1.51. The summed E-state index contributed by atoms with van der Waals surface area (Å²) in [5.74, 6) is -0.360. The van der Waals surface area contributed by atoms with Crippen LogP contribution in [0.3, 0.4) is 0 Å². The summed E-state index contributed by atoms with van der Waals surface area (Å²) in [6, 6.07) is 10.3. The molecular weight excluding hydrogens is 508 g/mol. The molecule has 0 bridgehead atoms. The number of nitrogens with zero attached hydrogens (tertiary/aromatic N) is 1. The molecule has 37 heavy (non-hydrogen) atoms. The van der Waals surface area contributed by atoms with E-state index >= 15 is 0 Å². The zero-order valence-corrected chi connectivity index (χ0v) is 20.8. The first kappa shape index (κ1) is 28.5. The minimum Gasteiger partial charge on any atom is -0.497 e. The smallest absolute Gasteiger partial charge is 0.262 e. The van der Waals surface area contributed by atoms with Crippen LogP contribution in [-0.4, -0.2) is 86.6 Å². The number of nitrogens with one attached hydrogen (secondary N) is 1. The maximum Gasteiger partial charge on any atom is 0.262 e. The Morgan fingerprint density at radius 3 is 2.41 bits per heavy atom. The van der Waals surface area contributed by atoms with Crippen LogP contribution in [0.25, 0.3) is 10.9 Å². The Hall–Kier alpha value is -3.03. The third-order valence-corrected chi connectivity index (χ3v) is 6.65. The van der Waals surface area contributed by atoms with Gasteiger partial charge in [0, 0.05) is 21.7 Å². The number of carbonyl (C=O) groups excluding carboxylic acids is 2. The maximum atomic E-state index is 13.4. The van der Waals surface area contributed by atoms with Crippen LogP contribution in [0.1, 0.15) is 21.6 Å². The summed E-state index contributed by atoms with van der Waals surface area (Å²) in [6.45, 7) is 1.10. The van der Waals surface area contributed by atoms with Crippen LogP contribution in [0.15, 0.2) is 42.5 Å². The molecule has 0 spiro atoms. The molecule has 1 aliphatic rings. The van der Waals surface area contributed by atoms with E-state index in [4.69, 9.17) is 21.1 Å².